The van der Waals surface area contributed by atoms with Crippen LogP contribution in [0.1, 0.15) is 37.0 Å². The molecular weight excluding hydrogens is 256 g/mol. The molecule has 0 fully saturated rings. The van der Waals surface area contributed by atoms with E-state index in [-0.39, 0.29) is 5.41 Å². The number of hydrogen-bond acceptors (Lipinski definition) is 4. The van der Waals surface area contributed by atoms with Gasteiger partial charge in [-0.1, -0.05) is 26.8 Å². The summed E-state index contributed by atoms with van der Waals surface area (Å²) >= 11 is 1.63. The summed E-state index contributed by atoms with van der Waals surface area (Å²) < 4.78 is 0. The standard InChI is InChI=1S/C15H20N2OS/c1-15(2,3)13-10-19-14(17-13)8-12(18)7-11-5-4-6-16-9-11/h4-6,9-10,12,18H,7-8H2,1-3H3. The lowest BCUT2D eigenvalue weighted by atomic mass is 9.93. The second kappa shape index (κ2) is 5.80. The first-order valence-corrected chi connectivity index (χ1v) is 7.35. The Kier molecular flexibility index (Phi) is 4.32. The maximum absolute atomic E-state index is 10.1. The number of pyridine rings is 1. The summed E-state index contributed by atoms with van der Waals surface area (Å²) in [6, 6.07) is 3.88. The van der Waals surface area contributed by atoms with Crippen LogP contribution < -0.4 is 0 Å². The van der Waals surface area contributed by atoms with E-state index >= 15 is 0 Å². The van der Waals surface area contributed by atoms with Gasteiger partial charge in [-0.2, -0.15) is 0 Å². The zero-order valence-electron chi connectivity index (χ0n) is 11.6. The first-order valence-electron chi connectivity index (χ1n) is 6.47. The van der Waals surface area contributed by atoms with E-state index in [1.54, 1.807) is 23.7 Å². The molecular formula is C15H20N2OS. The molecule has 4 heteroatoms. The van der Waals surface area contributed by atoms with Crippen LogP contribution in [-0.2, 0) is 18.3 Å². The van der Waals surface area contributed by atoms with E-state index in [2.05, 4.69) is 36.1 Å². The molecule has 0 saturated carbocycles. The number of aliphatic hydroxyl groups excluding tert-OH is 1. The number of aliphatic hydroxyl groups is 1. The SMILES string of the molecule is CC(C)(C)c1csc(CC(O)Cc2cccnc2)n1. The van der Waals surface area contributed by atoms with Crippen molar-refractivity contribution >= 4 is 11.3 Å². The fourth-order valence-electron chi connectivity index (χ4n) is 1.81. The average Bonchev–Trinajstić information content (AvgIpc) is 2.78. The fourth-order valence-corrected chi connectivity index (χ4v) is 2.91. The molecule has 0 radical (unpaired) electrons. The monoisotopic (exact) mass is 276 g/mol. The number of aromatic nitrogens is 2. The number of thiazole rings is 1. The van der Waals surface area contributed by atoms with Crippen molar-refractivity contribution in [2.75, 3.05) is 0 Å². The summed E-state index contributed by atoms with van der Waals surface area (Å²) in [5.41, 5.74) is 2.23. The van der Waals surface area contributed by atoms with Gasteiger partial charge < -0.3 is 5.11 Å². The van der Waals surface area contributed by atoms with Crippen molar-refractivity contribution in [1.29, 1.82) is 0 Å². The second-order valence-electron chi connectivity index (χ2n) is 5.80. The summed E-state index contributed by atoms with van der Waals surface area (Å²) in [5, 5.41) is 13.2. The smallest absolute Gasteiger partial charge is 0.0954 e. The minimum atomic E-state index is -0.400. The molecule has 19 heavy (non-hydrogen) atoms. The van der Waals surface area contributed by atoms with E-state index in [0.29, 0.717) is 12.8 Å². The van der Waals surface area contributed by atoms with Gasteiger partial charge in [0.05, 0.1) is 16.8 Å². The average molecular weight is 276 g/mol. The van der Waals surface area contributed by atoms with Crippen molar-refractivity contribution < 1.29 is 5.11 Å². The third-order valence-electron chi connectivity index (χ3n) is 2.92. The van der Waals surface area contributed by atoms with Crippen molar-refractivity contribution in [3.63, 3.8) is 0 Å². The molecule has 0 aliphatic rings. The van der Waals surface area contributed by atoms with E-state index in [0.717, 1.165) is 16.3 Å². The Labute approximate surface area is 118 Å². The zero-order chi connectivity index (χ0) is 13.9. The molecule has 0 amide bonds. The van der Waals surface area contributed by atoms with Crippen molar-refractivity contribution in [1.82, 2.24) is 9.97 Å². The van der Waals surface area contributed by atoms with Crippen molar-refractivity contribution in [3.05, 3.63) is 46.2 Å². The van der Waals surface area contributed by atoms with Gasteiger partial charge in [0.2, 0.25) is 0 Å². The predicted molar refractivity (Wildman–Crippen MR) is 78.5 cm³/mol. The van der Waals surface area contributed by atoms with E-state index < -0.39 is 6.10 Å². The van der Waals surface area contributed by atoms with Gasteiger partial charge in [-0.25, -0.2) is 4.98 Å². The van der Waals surface area contributed by atoms with Gasteiger partial charge in [-0.3, -0.25) is 4.98 Å². The van der Waals surface area contributed by atoms with E-state index in [9.17, 15) is 5.11 Å². The van der Waals surface area contributed by atoms with Gasteiger partial charge in [0.15, 0.2) is 0 Å². The molecule has 1 N–H and O–H groups in total. The Bertz CT molecular complexity index is 516. The number of rotatable bonds is 4. The van der Waals surface area contributed by atoms with Crippen LogP contribution in [0.4, 0.5) is 0 Å². The van der Waals surface area contributed by atoms with E-state index in [1.165, 1.54) is 0 Å². The quantitative estimate of drug-likeness (QED) is 0.934. The van der Waals surface area contributed by atoms with Crippen LogP contribution >= 0.6 is 11.3 Å². The maximum atomic E-state index is 10.1. The van der Waals surface area contributed by atoms with Crippen LogP contribution in [0.2, 0.25) is 0 Å². The summed E-state index contributed by atoms with van der Waals surface area (Å²) in [5.74, 6) is 0. The minimum Gasteiger partial charge on any atom is -0.392 e. The van der Waals surface area contributed by atoms with Gasteiger partial charge >= 0.3 is 0 Å². The first-order chi connectivity index (χ1) is 8.95. The lowest BCUT2D eigenvalue weighted by Gasteiger charge is -2.14. The topological polar surface area (TPSA) is 46.0 Å². The number of hydrogen-bond donors (Lipinski definition) is 1. The van der Waals surface area contributed by atoms with Crippen LogP contribution in [0, 0.1) is 0 Å². The minimum absolute atomic E-state index is 0.0725. The van der Waals surface area contributed by atoms with Crippen molar-refractivity contribution in [2.45, 2.75) is 45.1 Å². The zero-order valence-corrected chi connectivity index (χ0v) is 12.4. The molecule has 0 spiro atoms. The molecule has 2 rings (SSSR count). The van der Waals surface area contributed by atoms with Gasteiger partial charge in [-0.15, -0.1) is 11.3 Å². The molecule has 0 aromatic carbocycles. The second-order valence-corrected chi connectivity index (χ2v) is 6.74. The predicted octanol–water partition coefficient (Wildman–Crippen LogP) is 2.98. The first kappa shape index (κ1) is 14.2. The third-order valence-corrected chi connectivity index (χ3v) is 3.80. The summed E-state index contributed by atoms with van der Waals surface area (Å²) in [7, 11) is 0. The third kappa shape index (κ3) is 4.11. The van der Waals surface area contributed by atoms with Crippen LogP contribution in [0.25, 0.3) is 0 Å². The van der Waals surface area contributed by atoms with Gasteiger partial charge in [-0.05, 0) is 11.6 Å². The number of nitrogens with zero attached hydrogens (tertiary/aromatic N) is 2. The molecule has 2 heterocycles. The molecule has 102 valence electrons. The molecule has 2 aromatic heterocycles. The molecule has 1 unspecified atom stereocenters. The van der Waals surface area contributed by atoms with Crippen LogP contribution in [-0.4, -0.2) is 21.2 Å². The maximum Gasteiger partial charge on any atom is 0.0954 e. The Morgan fingerprint density at radius 3 is 2.68 bits per heavy atom. The van der Waals surface area contributed by atoms with Crippen LogP contribution in [0.5, 0.6) is 0 Å². The van der Waals surface area contributed by atoms with Gasteiger partial charge in [0.1, 0.15) is 0 Å². The lowest BCUT2D eigenvalue weighted by molar-refractivity contribution is 0.175. The molecule has 0 aliphatic heterocycles. The molecule has 0 saturated heterocycles. The highest BCUT2D eigenvalue weighted by Gasteiger charge is 2.18. The normalized spacial score (nSPS) is 13.5. The summed E-state index contributed by atoms with van der Waals surface area (Å²) in [6.45, 7) is 6.45. The Balaban J connectivity index is 1.96. The highest BCUT2D eigenvalue weighted by molar-refractivity contribution is 7.09. The van der Waals surface area contributed by atoms with Gasteiger partial charge in [0, 0.05) is 36.0 Å². The lowest BCUT2D eigenvalue weighted by Crippen LogP contribution is -2.15. The molecule has 1 atom stereocenters. The molecule has 0 aliphatic carbocycles. The Hall–Kier alpha value is -1.26. The Morgan fingerprint density at radius 2 is 2.11 bits per heavy atom. The molecule has 3 nitrogen and oxygen atoms in total. The van der Waals surface area contributed by atoms with Gasteiger partial charge in [0.25, 0.3) is 0 Å². The molecule has 2 aromatic rings. The van der Waals surface area contributed by atoms with Crippen molar-refractivity contribution in [3.8, 4) is 0 Å². The fraction of sp³-hybridized carbons (Fsp3) is 0.467. The highest BCUT2D eigenvalue weighted by Crippen LogP contribution is 2.24. The van der Waals surface area contributed by atoms with Crippen LogP contribution in [0.3, 0.4) is 0 Å². The van der Waals surface area contributed by atoms with E-state index in [1.807, 2.05) is 12.1 Å². The summed E-state index contributed by atoms with van der Waals surface area (Å²) in [4.78, 5) is 8.66. The van der Waals surface area contributed by atoms with Crippen molar-refractivity contribution in [2.24, 2.45) is 0 Å². The Morgan fingerprint density at radius 1 is 1.32 bits per heavy atom. The highest BCUT2D eigenvalue weighted by atomic mass is 32.1. The van der Waals surface area contributed by atoms with E-state index in [4.69, 9.17) is 0 Å². The molecule has 0 bridgehead atoms. The largest absolute Gasteiger partial charge is 0.392 e. The summed E-state index contributed by atoms with van der Waals surface area (Å²) in [6.07, 6.45) is 4.37. The van der Waals surface area contributed by atoms with Crippen LogP contribution in [0.15, 0.2) is 29.9 Å².